The molecule has 0 bridgehead atoms. The highest BCUT2D eigenvalue weighted by Gasteiger charge is 2.28. The summed E-state index contributed by atoms with van der Waals surface area (Å²) >= 11 is 0. The monoisotopic (exact) mass is 154 g/mol. The molecule has 1 aromatic heterocycles. The SMILES string of the molecule is OCCc1nc(C2CC2)no1. The maximum atomic E-state index is 8.56. The smallest absolute Gasteiger partial charge is 0.228 e. The first-order chi connectivity index (χ1) is 5.40. The molecular weight excluding hydrogens is 144 g/mol. The lowest BCUT2D eigenvalue weighted by molar-refractivity contribution is 0.274. The van der Waals surface area contributed by atoms with Gasteiger partial charge in [0, 0.05) is 5.92 Å². The summed E-state index contributed by atoms with van der Waals surface area (Å²) in [5, 5.41) is 12.4. The first-order valence-corrected chi connectivity index (χ1v) is 3.83. The highest BCUT2D eigenvalue weighted by molar-refractivity contribution is 5.03. The summed E-state index contributed by atoms with van der Waals surface area (Å²) < 4.78 is 4.89. The summed E-state index contributed by atoms with van der Waals surface area (Å²) in [4.78, 5) is 4.12. The molecule has 0 amide bonds. The van der Waals surface area contributed by atoms with Gasteiger partial charge >= 0.3 is 0 Å². The lowest BCUT2D eigenvalue weighted by Gasteiger charge is -1.83. The normalized spacial score (nSPS) is 17.2. The molecule has 2 rings (SSSR count). The maximum Gasteiger partial charge on any atom is 0.228 e. The predicted molar refractivity (Wildman–Crippen MR) is 37.1 cm³/mol. The van der Waals surface area contributed by atoms with E-state index in [0.29, 0.717) is 18.2 Å². The van der Waals surface area contributed by atoms with Gasteiger partial charge in [-0.1, -0.05) is 5.16 Å². The minimum absolute atomic E-state index is 0.0757. The third-order valence-electron chi connectivity index (χ3n) is 1.75. The van der Waals surface area contributed by atoms with Crippen LogP contribution in [0.25, 0.3) is 0 Å². The van der Waals surface area contributed by atoms with Gasteiger partial charge in [-0.2, -0.15) is 4.98 Å². The Kier molecular flexibility index (Phi) is 1.62. The van der Waals surface area contributed by atoms with Crippen LogP contribution in [-0.4, -0.2) is 21.9 Å². The molecule has 4 nitrogen and oxygen atoms in total. The van der Waals surface area contributed by atoms with Crippen molar-refractivity contribution in [2.24, 2.45) is 0 Å². The van der Waals surface area contributed by atoms with Crippen LogP contribution < -0.4 is 0 Å². The van der Waals surface area contributed by atoms with Gasteiger partial charge < -0.3 is 9.63 Å². The van der Waals surface area contributed by atoms with Crippen molar-refractivity contribution in [3.63, 3.8) is 0 Å². The molecule has 0 atom stereocenters. The Labute approximate surface area is 64.2 Å². The van der Waals surface area contributed by atoms with Crippen molar-refractivity contribution >= 4 is 0 Å². The first kappa shape index (κ1) is 6.79. The van der Waals surface area contributed by atoms with E-state index in [4.69, 9.17) is 9.63 Å². The zero-order valence-corrected chi connectivity index (χ0v) is 6.16. The van der Waals surface area contributed by atoms with Crippen molar-refractivity contribution in [2.75, 3.05) is 6.61 Å². The van der Waals surface area contributed by atoms with E-state index in [0.717, 1.165) is 5.82 Å². The predicted octanol–water partition coefficient (Wildman–Crippen LogP) is 0.482. The molecule has 1 saturated carbocycles. The lowest BCUT2D eigenvalue weighted by atomic mass is 10.4. The maximum absolute atomic E-state index is 8.56. The van der Waals surface area contributed by atoms with Crippen molar-refractivity contribution in [3.05, 3.63) is 11.7 Å². The van der Waals surface area contributed by atoms with Gasteiger partial charge in [-0.25, -0.2) is 0 Å². The van der Waals surface area contributed by atoms with Crippen molar-refractivity contribution in [1.29, 1.82) is 0 Å². The molecule has 0 aromatic carbocycles. The molecule has 60 valence electrons. The molecule has 1 aliphatic carbocycles. The zero-order chi connectivity index (χ0) is 7.68. The first-order valence-electron chi connectivity index (χ1n) is 3.83. The Bertz CT molecular complexity index is 242. The lowest BCUT2D eigenvalue weighted by Crippen LogP contribution is -1.90. The molecule has 1 fully saturated rings. The average Bonchev–Trinajstić information content (AvgIpc) is 2.75. The average molecular weight is 154 g/mol. The molecule has 4 heteroatoms. The molecule has 0 spiro atoms. The van der Waals surface area contributed by atoms with E-state index < -0.39 is 0 Å². The highest BCUT2D eigenvalue weighted by atomic mass is 16.5. The van der Waals surface area contributed by atoms with Crippen LogP contribution in [0.3, 0.4) is 0 Å². The van der Waals surface area contributed by atoms with E-state index in [-0.39, 0.29) is 6.61 Å². The number of nitrogens with zero attached hydrogens (tertiary/aromatic N) is 2. The van der Waals surface area contributed by atoms with E-state index in [2.05, 4.69) is 10.1 Å². The molecular formula is C7H10N2O2. The van der Waals surface area contributed by atoms with Crippen LogP contribution in [0.1, 0.15) is 30.5 Å². The summed E-state index contributed by atoms with van der Waals surface area (Å²) in [5.74, 6) is 1.90. The van der Waals surface area contributed by atoms with Gasteiger partial charge in [0.1, 0.15) is 0 Å². The number of aliphatic hydroxyl groups excluding tert-OH is 1. The third kappa shape index (κ3) is 1.40. The minimum Gasteiger partial charge on any atom is -0.396 e. The Morgan fingerprint density at radius 1 is 1.55 bits per heavy atom. The summed E-state index contributed by atoms with van der Waals surface area (Å²) in [6.07, 6.45) is 2.83. The molecule has 1 heterocycles. The van der Waals surface area contributed by atoms with Crippen LogP contribution in [0.15, 0.2) is 4.52 Å². The number of hydrogen-bond acceptors (Lipinski definition) is 4. The van der Waals surface area contributed by atoms with Crippen molar-refractivity contribution in [3.8, 4) is 0 Å². The Morgan fingerprint density at radius 2 is 2.36 bits per heavy atom. The fraction of sp³-hybridized carbons (Fsp3) is 0.714. The molecule has 0 radical (unpaired) electrons. The Morgan fingerprint density at radius 3 is 3.00 bits per heavy atom. The fourth-order valence-corrected chi connectivity index (χ4v) is 0.973. The minimum atomic E-state index is 0.0757. The van der Waals surface area contributed by atoms with Crippen molar-refractivity contribution in [1.82, 2.24) is 10.1 Å². The molecule has 1 aromatic rings. The summed E-state index contributed by atoms with van der Waals surface area (Å²) in [6.45, 7) is 0.0757. The summed E-state index contributed by atoms with van der Waals surface area (Å²) in [7, 11) is 0. The van der Waals surface area contributed by atoms with Gasteiger partial charge in [-0.3, -0.25) is 0 Å². The van der Waals surface area contributed by atoms with E-state index in [9.17, 15) is 0 Å². The van der Waals surface area contributed by atoms with Gasteiger partial charge in [0.15, 0.2) is 5.82 Å². The fourth-order valence-electron chi connectivity index (χ4n) is 0.973. The molecule has 0 saturated heterocycles. The molecule has 1 N–H and O–H groups in total. The van der Waals surface area contributed by atoms with Crippen LogP contribution in [0, 0.1) is 0 Å². The topological polar surface area (TPSA) is 59.2 Å². The second-order valence-corrected chi connectivity index (χ2v) is 2.79. The van der Waals surface area contributed by atoms with E-state index in [1.807, 2.05) is 0 Å². The van der Waals surface area contributed by atoms with Crippen molar-refractivity contribution < 1.29 is 9.63 Å². The summed E-state index contributed by atoms with van der Waals surface area (Å²) in [6, 6.07) is 0. The Hall–Kier alpha value is -0.900. The molecule has 0 unspecified atom stereocenters. The van der Waals surface area contributed by atoms with Crippen molar-refractivity contribution in [2.45, 2.75) is 25.2 Å². The highest BCUT2D eigenvalue weighted by Crippen LogP contribution is 2.37. The van der Waals surface area contributed by atoms with Crippen LogP contribution in [0.5, 0.6) is 0 Å². The second kappa shape index (κ2) is 2.62. The van der Waals surface area contributed by atoms with Crippen LogP contribution in [-0.2, 0) is 6.42 Å². The van der Waals surface area contributed by atoms with E-state index >= 15 is 0 Å². The third-order valence-corrected chi connectivity index (χ3v) is 1.75. The van der Waals surface area contributed by atoms with Crippen LogP contribution in [0.4, 0.5) is 0 Å². The van der Waals surface area contributed by atoms with Gasteiger partial charge in [0.05, 0.1) is 13.0 Å². The van der Waals surface area contributed by atoms with Crippen LogP contribution >= 0.6 is 0 Å². The Balaban J connectivity index is 2.06. The molecule has 1 aliphatic rings. The van der Waals surface area contributed by atoms with Gasteiger partial charge in [0.2, 0.25) is 5.89 Å². The molecule has 0 aliphatic heterocycles. The van der Waals surface area contributed by atoms with E-state index in [1.54, 1.807) is 0 Å². The number of hydrogen-bond donors (Lipinski definition) is 1. The van der Waals surface area contributed by atoms with Gasteiger partial charge in [0.25, 0.3) is 0 Å². The van der Waals surface area contributed by atoms with Crippen LogP contribution in [0.2, 0.25) is 0 Å². The number of aliphatic hydroxyl groups is 1. The zero-order valence-electron chi connectivity index (χ0n) is 6.16. The molecule has 11 heavy (non-hydrogen) atoms. The van der Waals surface area contributed by atoms with Gasteiger partial charge in [-0.15, -0.1) is 0 Å². The summed E-state index contributed by atoms with van der Waals surface area (Å²) in [5.41, 5.74) is 0. The second-order valence-electron chi connectivity index (χ2n) is 2.79. The standard InChI is InChI=1S/C7H10N2O2/c10-4-3-6-8-7(9-11-6)5-1-2-5/h5,10H,1-4H2. The largest absolute Gasteiger partial charge is 0.396 e. The number of rotatable bonds is 3. The van der Waals surface area contributed by atoms with E-state index in [1.165, 1.54) is 12.8 Å². The quantitative estimate of drug-likeness (QED) is 0.688. The number of aromatic nitrogens is 2. The van der Waals surface area contributed by atoms with Gasteiger partial charge in [-0.05, 0) is 12.8 Å².